The maximum Gasteiger partial charge on any atom is -0.0276 e. The van der Waals surface area contributed by atoms with Gasteiger partial charge in [-0.3, -0.25) is 0 Å². The number of rotatable bonds is 4. The highest BCUT2D eigenvalue weighted by Crippen LogP contribution is 2.47. The SMILES string of the molecule is CCC1CCC(C)C(C)(C)C(CCc2ccccc2)C1. The topological polar surface area (TPSA) is 0 Å². The van der Waals surface area contributed by atoms with Gasteiger partial charge in [0.05, 0.1) is 0 Å². The molecule has 1 aliphatic carbocycles. The Balaban J connectivity index is 2.05. The van der Waals surface area contributed by atoms with Crippen molar-refractivity contribution in [2.75, 3.05) is 0 Å². The zero-order valence-electron chi connectivity index (χ0n) is 13.9. The quantitative estimate of drug-likeness (QED) is 0.580. The summed E-state index contributed by atoms with van der Waals surface area (Å²) in [6, 6.07) is 11.0. The zero-order chi connectivity index (χ0) is 14.6. The molecule has 1 fully saturated rings. The third-order valence-electron chi connectivity index (χ3n) is 6.15. The Kier molecular flexibility index (Phi) is 5.29. The maximum absolute atomic E-state index is 2.52. The summed E-state index contributed by atoms with van der Waals surface area (Å²) in [7, 11) is 0. The fourth-order valence-electron chi connectivity index (χ4n) is 3.93. The van der Waals surface area contributed by atoms with Crippen molar-refractivity contribution in [2.45, 2.75) is 66.2 Å². The van der Waals surface area contributed by atoms with Crippen LogP contribution >= 0.6 is 0 Å². The molecule has 3 unspecified atom stereocenters. The second-order valence-electron chi connectivity index (χ2n) is 7.53. The van der Waals surface area contributed by atoms with Gasteiger partial charge in [0.2, 0.25) is 0 Å². The van der Waals surface area contributed by atoms with Crippen LogP contribution in [0.3, 0.4) is 0 Å². The molecule has 0 amide bonds. The van der Waals surface area contributed by atoms with Crippen LogP contribution in [0.25, 0.3) is 0 Å². The first kappa shape index (κ1) is 15.6. The van der Waals surface area contributed by atoms with E-state index in [0.717, 1.165) is 17.8 Å². The highest BCUT2D eigenvalue weighted by molar-refractivity contribution is 5.14. The van der Waals surface area contributed by atoms with Crippen molar-refractivity contribution in [3.63, 3.8) is 0 Å². The summed E-state index contributed by atoms with van der Waals surface area (Å²) >= 11 is 0. The van der Waals surface area contributed by atoms with Crippen molar-refractivity contribution in [3.05, 3.63) is 35.9 Å². The average molecular weight is 272 g/mol. The number of hydrogen-bond donors (Lipinski definition) is 0. The lowest BCUT2D eigenvalue weighted by atomic mass is 9.67. The molecule has 0 spiro atoms. The van der Waals surface area contributed by atoms with Gasteiger partial charge >= 0.3 is 0 Å². The van der Waals surface area contributed by atoms with Crippen molar-refractivity contribution < 1.29 is 0 Å². The van der Waals surface area contributed by atoms with Gasteiger partial charge in [-0.05, 0) is 54.4 Å². The van der Waals surface area contributed by atoms with Crippen LogP contribution < -0.4 is 0 Å². The largest absolute Gasteiger partial charge is 0.0651 e. The molecule has 3 atom stereocenters. The molecule has 2 rings (SSSR count). The smallest absolute Gasteiger partial charge is 0.0276 e. The Labute approximate surface area is 126 Å². The molecule has 112 valence electrons. The molecule has 0 bridgehead atoms. The Hall–Kier alpha value is -0.780. The summed E-state index contributed by atoms with van der Waals surface area (Å²) in [4.78, 5) is 0. The van der Waals surface area contributed by atoms with Gasteiger partial charge in [-0.2, -0.15) is 0 Å². The van der Waals surface area contributed by atoms with Gasteiger partial charge < -0.3 is 0 Å². The minimum absolute atomic E-state index is 0.499. The van der Waals surface area contributed by atoms with E-state index in [1.807, 2.05) is 0 Å². The third-order valence-corrected chi connectivity index (χ3v) is 6.15. The van der Waals surface area contributed by atoms with E-state index in [2.05, 4.69) is 58.0 Å². The molecular formula is C20H32. The second-order valence-corrected chi connectivity index (χ2v) is 7.53. The Bertz CT molecular complexity index is 390. The van der Waals surface area contributed by atoms with E-state index in [-0.39, 0.29) is 0 Å². The van der Waals surface area contributed by atoms with E-state index in [1.165, 1.54) is 44.1 Å². The van der Waals surface area contributed by atoms with Crippen molar-refractivity contribution >= 4 is 0 Å². The van der Waals surface area contributed by atoms with Crippen molar-refractivity contribution in [1.29, 1.82) is 0 Å². The van der Waals surface area contributed by atoms with E-state index >= 15 is 0 Å². The van der Waals surface area contributed by atoms with Crippen LogP contribution in [-0.4, -0.2) is 0 Å². The molecular weight excluding hydrogens is 240 g/mol. The predicted molar refractivity (Wildman–Crippen MR) is 88.8 cm³/mol. The van der Waals surface area contributed by atoms with E-state index < -0.39 is 0 Å². The lowest BCUT2D eigenvalue weighted by Gasteiger charge is -2.38. The van der Waals surface area contributed by atoms with Gasteiger partial charge in [-0.25, -0.2) is 0 Å². The molecule has 1 aromatic rings. The molecule has 0 heteroatoms. The summed E-state index contributed by atoms with van der Waals surface area (Å²) in [6.07, 6.45) is 8.29. The Morgan fingerprint density at radius 2 is 1.80 bits per heavy atom. The standard InChI is InChI=1S/C20H32/c1-5-17-12-11-16(2)20(3,4)19(15-17)14-13-18-9-7-6-8-10-18/h6-10,16-17,19H,5,11-15H2,1-4H3. The minimum Gasteiger partial charge on any atom is -0.0651 e. The summed E-state index contributed by atoms with van der Waals surface area (Å²) in [6.45, 7) is 9.90. The van der Waals surface area contributed by atoms with Crippen molar-refractivity contribution in [2.24, 2.45) is 23.2 Å². The van der Waals surface area contributed by atoms with Crippen LogP contribution in [0.2, 0.25) is 0 Å². The maximum atomic E-state index is 2.52. The van der Waals surface area contributed by atoms with Crippen LogP contribution in [0.4, 0.5) is 0 Å². The summed E-state index contributed by atoms with van der Waals surface area (Å²) in [5, 5.41) is 0. The van der Waals surface area contributed by atoms with Gasteiger partial charge in [-0.1, -0.05) is 70.9 Å². The van der Waals surface area contributed by atoms with Crippen LogP contribution in [-0.2, 0) is 6.42 Å². The van der Waals surface area contributed by atoms with Gasteiger partial charge in [0.1, 0.15) is 0 Å². The monoisotopic (exact) mass is 272 g/mol. The van der Waals surface area contributed by atoms with Gasteiger partial charge in [0, 0.05) is 0 Å². The third kappa shape index (κ3) is 3.65. The van der Waals surface area contributed by atoms with Gasteiger partial charge in [0.25, 0.3) is 0 Å². The van der Waals surface area contributed by atoms with E-state index in [4.69, 9.17) is 0 Å². The summed E-state index contributed by atoms with van der Waals surface area (Å²) < 4.78 is 0. The van der Waals surface area contributed by atoms with E-state index in [9.17, 15) is 0 Å². The number of hydrogen-bond acceptors (Lipinski definition) is 0. The van der Waals surface area contributed by atoms with Crippen LogP contribution in [0.1, 0.15) is 65.4 Å². The molecule has 0 aromatic heterocycles. The molecule has 0 saturated heterocycles. The lowest BCUT2D eigenvalue weighted by Crippen LogP contribution is -2.30. The van der Waals surface area contributed by atoms with Gasteiger partial charge in [0.15, 0.2) is 0 Å². The van der Waals surface area contributed by atoms with Crippen molar-refractivity contribution in [1.82, 2.24) is 0 Å². The Morgan fingerprint density at radius 3 is 2.45 bits per heavy atom. The van der Waals surface area contributed by atoms with Crippen LogP contribution in [0.15, 0.2) is 30.3 Å². The molecule has 0 heterocycles. The fourth-order valence-corrected chi connectivity index (χ4v) is 3.93. The lowest BCUT2D eigenvalue weighted by molar-refractivity contribution is 0.117. The molecule has 1 saturated carbocycles. The highest BCUT2D eigenvalue weighted by atomic mass is 14.4. The highest BCUT2D eigenvalue weighted by Gasteiger charge is 2.37. The average Bonchev–Trinajstić information content (AvgIpc) is 2.56. The first-order valence-electron chi connectivity index (χ1n) is 8.58. The molecule has 0 aliphatic heterocycles. The zero-order valence-corrected chi connectivity index (χ0v) is 13.9. The number of benzene rings is 1. The molecule has 20 heavy (non-hydrogen) atoms. The molecule has 1 aliphatic rings. The normalized spacial score (nSPS) is 29.9. The number of aryl methyl sites for hydroxylation is 1. The first-order chi connectivity index (χ1) is 9.54. The van der Waals surface area contributed by atoms with E-state index in [1.54, 1.807) is 0 Å². The van der Waals surface area contributed by atoms with E-state index in [0.29, 0.717) is 5.41 Å². The molecule has 0 radical (unpaired) electrons. The Morgan fingerprint density at radius 1 is 1.10 bits per heavy atom. The van der Waals surface area contributed by atoms with Crippen LogP contribution in [0, 0.1) is 23.2 Å². The summed E-state index contributed by atoms with van der Waals surface area (Å²) in [5.41, 5.74) is 2.01. The van der Waals surface area contributed by atoms with Crippen LogP contribution in [0.5, 0.6) is 0 Å². The first-order valence-corrected chi connectivity index (χ1v) is 8.58. The molecule has 1 aromatic carbocycles. The molecule has 0 N–H and O–H groups in total. The fraction of sp³-hybridized carbons (Fsp3) is 0.700. The van der Waals surface area contributed by atoms with Crippen molar-refractivity contribution in [3.8, 4) is 0 Å². The predicted octanol–water partition coefficient (Wildman–Crippen LogP) is 6.11. The molecule has 0 nitrogen and oxygen atoms in total. The second kappa shape index (κ2) is 6.78. The summed E-state index contributed by atoms with van der Waals surface area (Å²) in [5.74, 6) is 2.70. The minimum atomic E-state index is 0.499. The van der Waals surface area contributed by atoms with Gasteiger partial charge in [-0.15, -0.1) is 0 Å².